The first-order valence-corrected chi connectivity index (χ1v) is 6.37. The second-order valence-corrected chi connectivity index (χ2v) is 7.16. The Balaban J connectivity index is 3.67. The molecule has 0 bridgehead atoms. The lowest BCUT2D eigenvalue weighted by molar-refractivity contribution is 0.422. The summed E-state index contributed by atoms with van der Waals surface area (Å²) in [5, 5.41) is 11.2. The summed E-state index contributed by atoms with van der Waals surface area (Å²) in [5.41, 5.74) is 2.62. The number of rotatable bonds is 0. The molecule has 0 saturated carbocycles. The van der Waals surface area contributed by atoms with Crippen LogP contribution in [0.1, 0.15) is 58.2 Å². The highest BCUT2D eigenvalue weighted by atomic mass is 35.5. The Hall–Kier alpha value is -0.690. The molecule has 0 aromatic heterocycles. The second-order valence-electron chi connectivity index (χ2n) is 6.75. The van der Waals surface area contributed by atoms with Crippen molar-refractivity contribution in [3.05, 3.63) is 27.8 Å². The molecule has 0 aliphatic carbocycles. The van der Waals surface area contributed by atoms with Crippen molar-refractivity contribution >= 4 is 11.6 Å². The van der Waals surface area contributed by atoms with E-state index in [0.717, 1.165) is 21.7 Å². The van der Waals surface area contributed by atoms with Crippen LogP contribution in [-0.4, -0.2) is 5.11 Å². The van der Waals surface area contributed by atoms with Crippen molar-refractivity contribution in [2.24, 2.45) is 0 Å². The van der Waals surface area contributed by atoms with Crippen molar-refractivity contribution in [3.8, 4) is 5.75 Å². The lowest BCUT2D eigenvalue weighted by Crippen LogP contribution is -2.18. The van der Waals surface area contributed by atoms with Crippen LogP contribution in [0.2, 0.25) is 5.02 Å². The summed E-state index contributed by atoms with van der Waals surface area (Å²) in [6, 6.07) is 1.89. The van der Waals surface area contributed by atoms with Crippen molar-refractivity contribution < 1.29 is 5.11 Å². The van der Waals surface area contributed by atoms with Gasteiger partial charge in [-0.2, -0.15) is 0 Å². The molecule has 0 unspecified atom stereocenters. The summed E-state index contributed by atoms with van der Waals surface area (Å²) in [7, 11) is 0. The van der Waals surface area contributed by atoms with Gasteiger partial charge in [0.05, 0.1) is 0 Å². The average molecular weight is 255 g/mol. The Kier molecular flexibility index (Phi) is 3.55. The summed E-state index contributed by atoms with van der Waals surface area (Å²) in [6.07, 6.45) is 0. The quantitative estimate of drug-likeness (QED) is 0.695. The molecule has 0 radical (unpaired) electrons. The van der Waals surface area contributed by atoms with E-state index in [1.807, 2.05) is 13.0 Å². The van der Waals surface area contributed by atoms with E-state index in [9.17, 15) is 5.11 Å². The molecule has 0 aliphatic heterocycles. The van der Waals surface area contributed by atoms with Gasteiger partial charge in [-0.05, 0) is 29.4 Å². The number of hydrogen-bond donors (Lipinski definition) is 1. The lowest BCUT2D eigenvalue weighted by atomic mass is 9.77. The van der Waals surface area contributed by atoms with E-state index in [1.165, 1.54) is 0 Å². The van der Waals surface area contributed by atoms with E-state index >= 15 is 0 Å². The molecule has 0 fully saturated rings. The fourth-order valence-electron chi connectivity index (χ4n) is 2.22. The maximum absolute atomic E-state index is 10.5. The van der Waals surface area contributed by atoms with Gasteiger partial charge in [-0.3, -0.25) is 0 Å². The number of hydrogen-bond acceptors (Lipinski definition) is 1. The number of phenolic OH excluding ortho intramolecular Hbond substituents is 1. The molecular weight excluding hydrogens is 232 g/mol. The topological polar surface area (TPSA) is 20.2 Å². The Morgan fingerprint density at radius 1 is 1.00 bits per heavy atom. The second kappa shape index (κ2) is 4.20. The Labute approximate surface area is 110 Å². The number of phenols is 1. The van der Waals surface area contributed by atoms with Crippen LogP contribution in [0, 0.1) is 6.92 Å². The highest BCUT2D eigenvalue weighted by molar-refractivity contribution is 6.31. The standard InChI is InChI=1S/C15H23ClO/c1-9-11(16)8-10(14(2,3)4)13(17)12(9)15(5,6)7/h8,17H,1-7H3. The minimum atomic E-state index is -0.112. The summed E-state index contributed by atoms with van der Waals surface area (Å²) in [4.78, 5) is 0. The molecule has 0 heterocycles. The molecule has 1 aromatic carbocycles. The van der Waals surface area contributed by atoms with Gasteiger partial charge in [-0.15, -0.1) is 0 Å². The van der Waals surface area contributed by atoms with Gasteiger partial charge in [-0.1, -0.05) is 53.1 Å². The van der Waals surface area contributed by atoms with Crippen LogP contribution >= 0.6 is 11.6 Å². The molecule has 0 aliphatic rings. The predicted octanol–water partition coefficient (Wildman–Crippen LogP) is 4.95. The van der Waals surface area contributed by atoms with Crippen molar-refractivity contribution in [2.75, 3.05) is 0 Å². The third-order valence-electron chi connectivity index (χ3n) is 3.05. The summed E-state index contributed by atoms with van der Waals surface area (Å²) >= 11 is 6.29. The first kappa shape index (κ1) is 14.4. The molecule has 0 atom stereocenters. The zero-order valence-corrected chi connectivity index (χ0v) is 12.7. The van der Waals surface area contributed by atoms with E-state index in [2.05, 4.69) is 41.5 Å². The molecule has 1 rings (SSSR count). The van der Waals surface area contributed by atoms with Crippen LogP contribution in [0.5, 0.6) is 5.75 Å². The van der Waals surface area contributed by atoms with Gasteiger partial charge in [0.25, 0.3) is 0 Å². The molecule has 1 aromatic rings. The molecule has 0 saturated heterocycles. The van der Waals surface area contributed by atoms with Crippen molar-refractivity contribution in [2.45, 2.75) is 59.3 Å². The first-order valence-electron chi connectivity index (χ1n) is 5.99. The van der Waals surface area contributed by atoms with Crippen LogP contribution in [0.25, 0.3) is 0 Å². The molecule has 96 valence electrons. The molecule has 17 heavy (non-hydrogen) atoms. The van der Waals surface area contributed by atoms with Crippen LogP contribution < -0.4 is 0 Å². The summed E-state index contributed by atoms with van der Waals surface area (Å²) in [5.74, 6) is 0.395. The highest BCUT2D eigenvalue weighted by Gasteiger charge is 2.28. The highest BCUT2D eigenvalue weighted by Crippen LogP contribution is 2.43. The van der Waals surface area contributed by atoms with Gasteiger partial charge >= 0.3 is 0 Å². The first-order chi connectivity index (χ1) is 7.46. The third-order valence-corrected chi connectivity index (χ3v) is 3.45. The largest absolute Gasteiger partial charge is 0.507 e. The zero-order chi connectivity index (χ0) is 13.6. The van der Waals surface area contributed by atoms with Crippen LogP contribution in [-0.2, 0) is 10.8 Å². The van der Waals surface area contributed by atoms with E-state index in [1.54, 1.807) is 0 Å². The van der Waals surface area contributed by atoms with E-state index in [-0.39, 0.29) is 10.8 Å². The normalized spacial score (nSPS) is 12.9. The molecule has 0 amide bonds. The maximum atomic E-state index is 10.5. The molecule has 0 spiro atoms. The fraction of sp³-hybridized carbons (Fsp3) is 0.600. The van der Waals surface area contributed by atoms with E-state index < -0.39 is 0 Å². The lowest BCUT2D eigenvalue weighted by Gasteiger charge is -2.29. The van der Waals surface area contributed by atoms with Gasteiger partial charge in [0, 0.05) is 16.1 Å². The maximum Gasteiger partial charge on any atom is 0.123 e. The van der Waals surface area contributed by atoms with Gasteiger partial charge in [0.15, 0.2) is 0 Å². The van der Waals surface area contributed by atoms with Gasteiger partial charge in [0.1, 0.15) is 5.75 Å². The van der Waals surface area contributed by atoms with E-state index in [0.29, 0.717) is 5.75 Å². The predicted molar refractivity (Wildman–Crippen MR) is 75.3 cm³/mol. The Bertz CT molecular complexity index is 434. The van der Waals surface area contributed by atoms with Crippen molar-refractivity contribution in [1.29, 1.82) is 0 Å². The number of halogens is 1. The van der Waals surface area contributed by atoms with Gasteiger partial charge < -0.3 is 5.11 Å². The van der Waals surface area contributed by atoms with Crippen LogP contribution in [0.3, 0.4) is 0 Å². The Morgan fingerprint density at radius 3 is 1.82 bits per heavy atom. The molecule has 2 heteroatoms. The van der Waals surface area contributed by atoms with Crippen molar-refractivity contribution in [1.82, 2.24) is 0 Å². The smallest absolute Gasteiger partial charge is 0.123 e. The Morgan fingerprint density at radius 2 is 1.47 bits per heavy atom. The summed E-state index contributed by atoms with van der Waals surface area (Å²) in [6.45, 7) is 14.5. The monoisotopic (exact) mass is 254 g/mol. The third kappa shape index (κ3) is 2.77. The van der Waals surface area contributed by atoms with Gasteiger partial charge in [0.2, 0.25) is 0 Å². The minimum Gasteiger partial charge on any atom is -0.507 e. The number of aromatic hydroxyl groups is 1. The minimum absolute atomic E-state index is 0.110. The SMILES string of the molecule is Cc1c(Cl)cc(C(C)(C)C)c(O)c1C(C)(C)C. The zero-order valence-electron chi connectivity index (χ0n) is 11.9. The van der Waals surface area contributed by atoms with Gasteiger partial charge in [-0.25, -0.2) is 0 Å². The molecular formula is C15H23ClO. The fourth-order valence-corrected chi connectivity index (χ4v) is 2.43. The van der Waals surface area contributed by atoms with E-state index in [4.69, 9.17) is 11.6 Å². The summed E-state index contributed by atoms with van der Waals surface area (Å²) < 4.78 is 0. The number of benzene rings is 1. The van der Waals surface area contributed by atoms with Crippen molar-refractivity contribution in [3.63, 3.8) is 0 Å². The molecule has 1 nitrogen and oxygen atoms in total. The van der Waals surface area contributed by atoms with Crippen LogP contribution in [0.4, 0.5) is 0 Å². The molecule has 1 N–H and O–H groups in total. The van der Waals surface area contributed by atoms with Crippen LogP contribution in [0.15, 0.2) is 6.07 Å². The average Bonchev–Trinajstić information content (AvgIpc) is 2.07.